The Hall–Kier alpha value is -7.74. The van der Waals surface area contributed by atoms with Crippen LogP contribution in [0.1, 0.15) is 125 Å². The van der Waals surface area contributed by atoms with Crippen molar-refractivity contribution in [3.63, 3.8) is 0 Å². The summed E-state index contributed by atoms with van der Waals surface area (Å²) in [4.78, 5) is 66.0. The number of hydrogen-bond donors (Lipinski definition) is 0. The van der Waals surface area contributed by atoms with Gasteiger partial charge in [0.1, 0.15) is 0 Å². The number of nitrogens with zero attached hydrogens (tertiary/aromatic N) is 2. The second kappa shape index (κ2) is 21.4. The minimum atomic E-state index is -0.339. The summed E-state index contributed by atoms with van der Waals surface area (Å²) in [6.07, 6.45) is 8.86. The smallest absolute Gasteiger partial charge is 0.266 e. The van der Waals surface area contributed by atoms with Crippen molar-refractivity contribution < 1.29 is 19.2 Å². The van der Waals surface area contributed by atoms with Gasteiger partial charge in [0.25, 0.3) is 23.6 Å². The Kier molecular flexibility index (Phi) is 13.9. The Morgan fingerprint density at radius 3 is 1.06 bits per heavy atom. The van der Waals surface area contributed by atoms with Crippen LogP contribution in [0.5, 0.6) is 0 Å². The summed E-state index contributed by atoms with van der Waals surface area (Å²) in [7, 11) is 0. The van der Waals surface area contributed by atoms with E-state index in [0.29, 0.717) is 91.2 Å². The lowest BCUT2D eigenvalue weighted by Gasteiger charge is -2.34. The minimum absolute atomic E-state index is 0.179. The molecule has 10 aromatic carbocycles. The molecule has 2 aliphatic rings. The number of benzene rings is 10. The number of unbranched alkanes of at least 4 members (excludes halogenated alkanes) is 1. The van der Waals surface area contributed by atoms with Crippen LogP contribution in [0.4, 0.5) is 5.69 Å². The second-order valence-corrected chi connectivity index (χ2v) is 22.3. The first kappa shape index (κ1) is 50.1. The second-order valence-electron chi connectivity index (χ2n) is 21.3. The van der Waals surface area contributed by atoms with Gasteiger partial charge in [0.15, 0.2) is 0 Å². The van der Waals surface area contributed by atoms with Crippen molar-refractivity contribution in [2.24, 2.45) is 5.92 Å². The molecule has 382 valence electrons. The van der Waals surface area contributed by atoms with Crippen molar-refractivity contribution in [2.75, 3.05) is 11.4 Å². The predicted molar refractivity (Wildman–Crippen MR) is 317 cm³/mol. The highest BCUT2D eigenvalue weighted by Gasteiger charge is 2.42. The maximum Gasteiger partial charge on any atom is 0.266 e. The highest BCUT2D eigenvalue weighted by atomic mass is 79.9. The average Bonchev–Trinajstić information content (AvgIpc) is 3.58. The molecule has 0 saturated heterocycles. The zero-order chi connectivity index (χ0) is 52.7. The predicted octanol–water partition coefficient (Wildman–Crippen LogP) is 16.3. The van der Waals surface area contributed by atoms with Crippen molar-refractivity contribution >= 4 is 88.3 Å². The third-order valence-corrected chi connectivity index (χ3v) is 17.2. The van der Waals surface area contributed by atoms with Crippen LogP contribution in [0.2, 0.25) is 0 Å². The lowest BCUT2D eigenvalue weighted by molar-refractivity contribution is 0.0578. The van der Waals surface area contributed by atoms with E-state index in [4.69, 9.17) is 0 Å². The Morgan fingerprint density at radius 1 is 0.403 bits per heavy atom. The summed E-state index contributed by atoms with van der Waals surface area (Å²) in [5, 5.41) is 6.90. The maximum atomic E-state index is 15.8. The average molecular weight is 1070 g/mol. The Morgan fingerprint density at radius 2 is 0.740 bits per heavy atom. The zero-order valence-electron chi connectivity index (χ0n) is 43.8. The monoisotopic (exact) mass is 1070 g/mol. The van der Waals surface area contributed by atoms with Crippen LogP contribution in [0, 0.1) is 5.92 Å². The van der Waals surface area contributed by atoms with Crippen LogP contribution in [0.25, 0.3) is 43.1 Å². The van der Waals surface area contributed by atoms with Crippen molar-refractivity contribution in [1.29, 1.82) is 0 Å². The van der Waals surface area contributed by atoms with E-state index >= 15 is 19.2 Å². The van der Waals surface area contributed by atoms with E-state index in [1.165, 1.54) is 4.90 Å². The number of aryl methyl sites for hydroxylation is 8. The molecule has 0 fully saturated rings. The molecule has 10 aromatic rings. The molecule has 0 N–H and O–H groups in total. The van der Waals surface area contributed by atoms with Crippen LogP contribution in [-0.2, 0) is 51.4 Å². The molecule has 2 heterocycles. The number of imide groups is 2. The van der Waals surface area contributed by atoms with Gasteiger partial charge in [0, 0.05) is 21.8 Å². The standard InChI is InChI=1S/C70H61BrN2O4/c1-3-5-18-44(4-2)43-72-67(74)59-49(31-27-45-19-10-6-11-20-45)39-55-57-41-51(33-29-47-23-14-8-15-24-47)61-66-62(70(77)73(69(61)76)54-37-35-53(71)36-38-54)52(34-30-48-25-16-9-17-26-48)42-58(64(57)66)56-40-50(32-28-46-21-12-7-13-22-46)60(68(72)75)65(59)63(55)56/h6-17,19-26,35-42,44H,3-5,18,27-34,43H2,1-2H3. The molecule has 0 spiro atoms. The van der Waals surface area contributed by atoms with Crippen molar-refractivity contribution in [3.05, 3.63) is 241 Å². The number of carbonyl (C=O) groups is 4. The fourth-order valence-corrected chi connectivity index (χ4v) is 12.9. The Labute approximate surface area is 459 Å². The van der Waals surface area contributed by atoms with E-state index in [1.54, 1.807) is 4.90 Å². The first-order valence-corrected chi connectivity index (χ1v) is 28.5. The van der Waals surface area contributed by atoms with E-state index in [2.05, 4.69) is 127 Å². The molecule has 0 aliphatic carbocycles. The van der Waals surface area contributed by atoms with Gasteiger partial charge >= 0.3 is 0 Å². The van der Waals surface area contributed by atoms with Gasteiger partial charge < -0.3 is 0 Å². The van der Waals surface area contributed by atoms with Gasteiger partial charge in [-0.05, 0) is 189 Å². The van der Waals surface area contributed by atoms with Gasteiger partial charge in [0.05, 0.1) is 27.9 Å². The molecule has 2 aliphatic heterocycles. The molecule has 0 bridgehead atoms. The summed E-state index contributed by atoms with van der Waals surface area (Å²) in [5.41, 5.74) is 11.0. The van der Waals surface area contributed by atoms with Crippen LogP contribution >= 0.6 is 15.9 Å². The minimum Gasteiger partial charge on any atom is -0.274 e. The largest absolute Gasteiger partial charge is 0.274 e. The lowest BCUT2D eigenvalue weighted by Crippen LogP contribution is -2.44. The number of rotatable bonds is 19. The number of carbonyl (C=O) groups excluding carboxylic acids is 4. The van der Waals surface area contributed by atoms with Crippen molar-refractivity contribution in [2.45, 2.75) is 90.9 Å². The number of halogens is 1. The fraction of sp³-hybridized carbons (Fsp3) is 0.229. The van der Waals surface area contributed by atoms with Crippen LogP contribution in [-0.4, -0.2) is 35.1 Å². The molecule has 1 atom stereocenters. The van der Waals surface area contributed by atoms with Crippen LogP contribution in [0.3, 0.4) is 0 Å². The van der Waals surface area contributed by atoms with Crippen LogP contribution < -0.4 is 4.90 Å². The number of amides is 4. The number of fused-ring (bicyclic) bond motifs is 2. The van der Waals surface area contributed by atoms with Gasteiger partial charge in [-0.15, -0.1) is 0 Å². The summed E-state index contributed by atoms with van der Waals surface area (Å²) >= 11 is 3.59. The summed E-state index contributed by atoms with van der Waals surface area (Å²) < 4.78 is 0.850. The molecule has 4 amide bonds. The molecule has 1 unspecified atom stereocenters. The van der Waals surface area contributed by atoms with Gasteiger partial charge in [-0.3, -0.25) is 24.1 Å². The topological polar surface area (TPSA) is 74.8 Å². The molecular formula is C70H61BrN2O4. The summed E-state index contributed by atoms with van der Waals surface area (Å²) in [6.45, 7) is 4.74. The molecular weight excluding hydrogens is 1010 g/mol. The third kappa shape index (κ3) is 9.22. The Bertz CT molecular complexity index is 3680. The highest BCUT2D eigenvalue weighted by Crippen LogP contribution is 2.51. The zero-order valence-corrected chi connectivity index (χ0v) is 45.4. The molecule has 12 rings (SSSR count). The SMILES string of the molecule is CCCCC(CC)CN1C(=O)c2c(CCc3ccccc3)cc3c4cc(CCc5ccccc5)c5c6c(c(CCc7ccccc7)cc(c7cc(CCc8ccccc8)c(c2c37)C1=O)c64)C(=O)N(c1ccc(Br)cc1)C5=O. The molecule has 77 heavy (non-hydrogen) atoms. The number of hydrogen-bond acceptors (Lipinski definition) is 4. The van der Waals surface area contributed by atoms with Gasteiger partial charge in [0.2, 0.25) is 0 Å². The summed E-state index contributed by atoms with van der Waals surface area (Å²) in [5.74, 6) is -0.933. The first-order chi connectivity index (χ1) is 37.7. The van der Waals surface area contributed by atoms with Gasteiger partial charge in [-0.25, -0.2) is 4.90 Å². The van der Waals surface area contributed by atoms with Gasteiger partial charge in [-0.1, -0.05) is 170 Å². The lowest BCUT2D eigenvalue weighted by atomic mass is 9.76. The van der Waals surface area contributed by atoms with E-state index < -0.39 is 0 Å². The number of anilines is 1. The van der Waals surface area contributed by atoms with E-state index in [1.807, 2.05) is 72.8 Å². The highest BCUT2D eigenvalue weighted by molar-refractivity contribution is 9.10. The third-order valence-electron chi connectivity index (χ3n) is 16.6. The van der Waals surface area contributed by atoms with Crippen molar-refractivity contribution in [1.82, 2.24) is 4.90 Å². The van der Waals surface area contributed by atoms with Crippen LogP contribution in [0.15, 0.2) is 174 Å². The van der Waals surface area contributed by atoms with E-state index in [9.17, 15) is 0 Å². The Balaban J connectivity index is 1.20. The molecule has 0 radical (unpaired) electrons. The molecule has 7 heteroatoms. The van der Waals surface area contributed by atoms with E-state index in [0.717, 1.165) is 112 Å². The summed E-state index contributed by atoms with van der Waals surface area (Å²) in [6, 6.07) is 57.9. The molecule has 0 saturated carbocycles. The van der Waals surface area contributed by atoms with E-state index in [-0.39, 0.29) is 29.5 Å². The maximum absolute atomic E-state index is 15.8. The quantitative estimate of drug-likeness (QED) is 0.0459. The first-order valence-electron chi connectivity index (χ1n) is 27.7. The molecule has 0 aromatic heterocycles. The molecule has 6 nitrogen and oxygen atoms in total. The van der Waals surface area contributed by atoms with Gasteiger partial charge in [-0.2, -0.15) is 0 Å². The fourth-order valence-electron chi connectivity index (χ4n) is 12.6. The normalized spacial score (nSPS) is 13.8. The van der Waals surface area contributed by atoms with Crippen molar-refractivity contribution in [3.8, 4) is 0 Å².